The number of urea groups is 1. The van der Waals surface area contributed by atoms with Gasteiger partial charge in [0.1, 0.15) is 0 Å². The van der Waals surface area contributed by atoms with Gasteiger partial charge in [-0.2, -0.15) is 26.3 Å². The van der Waals surface area contributed by atoms with Crippen molar-refractivity contribution in [2.75, 3.05) is 0 Å². The zero-order valence-electron chi connectivity index (χ0n) is 13.2. The number of nitrogens with two attached hydrogens (primary N) is 1. The summed E-state index contributed by atoms with van der Waals surface area (Å²) >= 11 is 0. The van der Waals surface area contributed by atoms with E-state index in [1.165, 1.54) is 0 Å². The van der Waals surface area contributed by atoms with E-state index in [0.29, 0.717) is 25.0 Å². The Balaban J connectivity index is 2.00. The molecule has 3 atom stereocenters. The number of carbonyl (C=O) groups excluding carboxylic acids is 1. The minimum Gasteiger partial charge on any atom is -0.402 e. The number of hydrogen-bond donors (Lipinski definition) is 3. The van der Waals surface area contributed by atoms with Crippen molar-refractivity contribution in [2.45, 2.75) is 56.5 Å². The lowest BCUT2D eigenvalue weighted by atomic mass is 9.86. The molecule has 3 unspecified atom stereocenters. The Kier molecular flexibility index (Phi) is 5.58. The first-order chi connectivity index (χ1) is 11.4. The van der Waals surface area contributed by atoms with Crippen LogP contribution in [0.15, 0.2) is 23.4 Å². The molecule has 2 aliphatic carbocycles. The van der Waals surface area contributed by atoms with Gasteiger partial charge in [-0.3, -0.25) is 0 Å². The Morgan fingerprint density at radius 2 is 1.72 bits per heavy atom. The van der Waals surface area contributed by atoms with E-state index in [2.05, 4.69) is 10.6 Å². The molecular weight excluding hydrogens is 352 g/mol. The summed E-state index contributed by atoms with van der Waals surface area (Å²) < 4.78 is 77.1. The number of rotatable bonds is 2. The Labute approximate surface area is 140 Å². The van der Waals surface area contributed by atoms with E-state index in [1.807, 2.05) is 6.08 Å². The molecule has 0 aromatic rings. The predicted molar refractivity (Wildman–Crippen MR) is 78.3 cm³/mol. The van der Waals surface area contributed by atoms with Crippen molar-refractivity contribution >= 4 is 6.03 Å². The molecule has 0 heterocycles. The highest BCUT2D eigenvalue weighted by atomic mass is 19.4. The van der Waals surface area contributed by atoms with Gasteiger partial charge in [-0.25, -0.2) is 4.79 Å². The summed E-state index contributed by atoms with van der Waals surface area (Å²) in [6.45, 7) is 0. The average Bonchev–Trinajstić information content (AvgIpc) is 2.44. The number of allylic oxidation sites excluding steroid dienone is 2. The van der Waals surface area contributed by atoms with Gasteiger partial charge >= 0.3 is 18.4 Å². The summed E-state index contributed by atoms with van der Waals surface area (Å²) in [6, 6.07) is -2.32. The highest BCUT2D eigenvalue weighted by molar-refractivity contribution is 5.74. The van der Waals surface area contributed by atoms with Gasteiger partial charge in [0, 0.05) is 29.8 Å². The molecule has 0 aliphatic heterocycles. The third-order valence-corrected chi connectivity index (χ3v) is 4.27. The minimum atomic E-state index is -4.86. The molecule has 0 fully saturated rings. The second kappa shape index (κ2) is 7.17. The van der Waals surface area contributed by atoms with Crippen molar-refractivity contribution in [3.63, 3.8) is 0 Å². The molecule has 0 bridgehead atoms. The van der Waals surface area contributed by atoms with Crippen molar-refractivity contribution in [1.29, 1.82) is 0 Å². The fraction of sp³-hybridized carbons (Fsp3) is 0.667. The van der Waals surface area contributed by atoms with Gasteiger partial charge < -0.3 is 16.4 Å². The molecule has 0 saturated heterocycles. The van der Waals surface area contributed by atoms with E-state index >= 15 is 0 Å². The van der Waals surface area contributed by atoms with Crippen LogP contribution >= 0.6 is 0 Å². The van der Waals surface area contributed by atoms with E-state index in [4.69, 9.17) is 5.73 Å². The maximum absolute atomic E-state index is 12.9. The zero-order chi connectivity index (χ0) is 18.8. The maximum Gasteiger partial charge on any atom is 0.412 e. The molecule has 25 heavy (non-hydrogen) atoms. The topological polar surface area (TPSA) is 67.1 Å². The van der Waals surface area contributed by atoms with Crippen molar-refractivity contribution in [3.05, 3.63) is 23.4 Å². The molecule has 0 aromatic carbocycles. The van der Waals surface area contributed by atoms with Crippen LogP contribution in [0.1, 0.15) is 32.1 Å². The molecular formula is C15H19F6N3O. The third kappa shape index (κ3) is 5.57. The van der Waals surface area contributed by atoms with E-state index in [1.54, 1.807) is 0 Å². The predicted octanol–water partition coefficient (Wildman–Crippen LogP) is 3.51. The SMILES string of the molecule is NC1=CCCC(NC(=O)NC2CC(C(F)(F)F)=CC(C(F)(F)F)C2)C1. The van der Waals surface area contributed by atoms with E-state index < -0.39 is 48.8 Å². The Morgan fingerprint density at radius 3 is 2.28 bits per heavy atom. The van der Waals surface area contributed by atoms with Gasteiger partial charge in [-0.05, 0) is 25.7 Å². The fourth-order valence-corrected chi connectivity index (χ4v) is 3.06. The molecule has 2 amide bonds. The summed E-state index contributed by atoms with van der Waals surface area (Å²) in [5, 5.41) is 4.78. The highest BCUT2D eigenvalue weighted by Gasteiger charge is 2.46. The van der Waals surface area contributed by atoms with Crippen LogP contribution in [0.25, 0.3) is 0 Å². The van der Waals surface area contributed by atoms with Crippen LogP contribution in [0, 0.1) is 5.92 Å². The van der Waals surface area contributed by atoms with Crippen LogP contribution in [-0.2, 0) is 0 Å². The van der Waals surface area contributed by atoms with Crippen LogP contribution in [0.5, 0.6) is 0 Å². The number of alkyl halides is 6. The molecule has 0 spiro atoms. The first kappa shape index (κ1) is 19.5. The van der Waals surface area contributed by atoms with E-state index in [9.17, 15) is 31.1 Å². The van der Waals surface area contributed by atoms with Gasteiger partial charge in [-0.1, -0.05) is 12.2 Å². The summed E-state index contributed by atoms with van der Waals surface area (Å²) in [4.78, 5) is 11.9. The fourth-order valence-electron chi connectivity index (χ4n) is 3.06. The molecule has 2 rings (SSSR count). The monoisotopic (exact) mass is 371 g/mol. The van der Waals surface area contributed by atoms with Crippen LogP contribution in [0.3, 0.4) is 0 Å². The maximum atomic E-state index is 12.9. The number of carbonyl (C=O) groups is 1. The van der Waals surface area contributed by atoms with Crippen molar-refractivity contribution in [2.24, 2.45) is 11.7 Å². The first-order valence-corrected chi connectivity index (χ1v) is 7.81. The van der Waals surface area contributed by atoms with Gasteiger partial charge in [0.15, 0.2) is 0 Å². The smallest absolute Gasteiger partial charge is 0.402 e. The average molecular weight is 371 g/mol. The minimum absolute atomic E-state index is 0.211. The second-order valence-electron chi connectivity index (χ2n) is 6.35. The standard InChI is InChI=1S/C15H19F6N3O/c16-14(17,18)8-4-9(15(19,20)21)6-12(5-8)24-13(25)23-11-3-1-2-10(22)7-11/h2,4,8,11-12H,1,3,5-7,22H2,(H2,23,24,25). The summed E-state index contributed by atoms with van der Waals surface area (Å²) in [5.41, 5.74) is 4.97. The second-order valence-corrected chi connectivity index (χ2v) is 6.35. The highest BCUT2D eigenvalue weighted by Crippen LogP contribution is 2.41. The Morgan fingerprint density at radius 1 is 1.08 bits per heavy atom. The molecule has 2 aliphatic rings. The zero-order valence-corrected chi connectivity index (χ0v) is 13.2. The Hall–Kier alpha value is -1.87. The molecule has 142 valence electrons. The van der Waals surface area contributed by atoms with Crippen molar-refractivity contribution in [1.82, 2.24) is 10.6 Å². The Bertz CT molecular complexity index is 567. The molecule has 4 nitrogen and oxygen atoms in total. The summed E-state index contributed by atoms with van der Waals surface area (Å²) in [6.07, 6.45) is -7.28. The van der Waals surface area contributed by atoms with E-state index in [0.717, 1.165) is 0 Å². The number of amides is 2. The largest absolute Gasteiger partial charge is 0.412 e. The van der Waals surface area contributed by atoms with Gasteiger partial charge in [-0.15, -0.1) is 0 Å². The lowest BCUT2D eigenvalue weighted by Crippen LogP contribution is -2.49. The van der Waals surface area contributed by atoms with Gasteiger partial charge in [0.25, 0.3) is 0 Å². The lowest BCUT2D eigenvalue weighted by Gasteiger charge is -2.32. The number of nitrogens with one attached hydrogen (secondary N) is 2. The van der Waals surface area contributed by atoms with Crippen LogP contribution in [0.4, 0.5) is 31.1 Å². The van der Waals surface area contributed by atoms with Gasteiger partial charge in [0.2, 0.25) is 0 Å². The van der Waals surface area contributed by atoms with Gasteiger partial charge in [0.05, 0.1) is 5.92 Å². The lowest BCUT2D eigenvalue weighted by molar-refractivity contribution is -0.167. The van der Waals surface area contributed by atoms with E-state index in [-0.39, 0.29) is 12.1 Å². The third-order valence-electron chi connectivity index (χ3n) is 4.27. The normalized spacial score (nSPS) is 28.0. The van der Waals surface area contributed by atoms with Crippen LogP contribution in [-0.4, -0.2) is 30.5 Å². The summed E-state index contributed by atoms with van der Waals surface area (Å²) in [7, 11) is 0. The number of hydrogen-bond acceptors (Lipinski definition) is 2. The van der Waals surface area contributed by atoms with Crippen LogP contribution < -0.4 is 16.4 Å². The molecule has 0 radical (unpaired) electrons. The number of halogens is 6. The van der Waals surface area contributed by atoms with Crippen LogP contribution in [0.2, 0.25) is 0 Å². The molecule has 4 N–H and O–H groups in total. The summed E-state index contributed by atoms with van der Waals surface area (Å²) in [5.74, 6) is -2.24. The molecule has 0 aromatic heterocycles. The van der Waals surface area contributed by atoms with Crippen molar-refractivity contribution < 1.29 is 31.1 Å². The van der Waals surface area contributed by atoms with Crippen molar-refractivity contribution in [3.8, 4) is 0 Å². The molecule has 10 heteroatoms. The molecule has 0 saturated carbocycles. The quantitative estimate of drug-likeness (QED) is 0.514. The first-order valence-electron chi connectivity index (χ1n) is 7.81.